The average molecular weight is 351 g/mol. The van der Waals surface area contributed by atoms with Gasteiger partial charge in [-0.2, -0.15) is 0 Å². The Kier molecular flexibility index (Phi) is 5.88. The first kappa shape index (κ1) is 17.5. The van der Waals surface area contributed by atoms with Gasteiger partial charge in [0.05, 0.1) is 19.9 Å². The van der Waals surface area contributed by atoms with Crippen LogP contribution in [0, 0.1) is 0 Å². The Bertz CT molecular complexity index is 847. The number of para-hydroxylation sites is 1. The van der Waals surface area contributed by atoms with E-state index in [2.05, 4.69) is 15.6 Å². The summed E-state index contributed by atoms with van der Waals surface area (Å²) in [5.41, 5.74) is 1.62. The molecule has 0 fully saturated rings. The highest BCUT2D eigenvalue weighted by Crippen LogP contribution is 2.17. The molecule has 6 heteroatoms. The van der Waals surface area contributed by atoms with Crippen LogP contribution in [0.2, 0.25) is 0 Å². The Hall–Kier alpha value is -3.28. The molecule has 0 aliphatic rings. The van der Waals surface area contributed by atoms with Gasteiger partial charge in [-0.1, -0.05) is 18.2 Å². The van der Waals surface area contributed by atoms with Crippen molar-refractivity contribution in [1.29, 1.82) is 0 Å². The average Bonchev–Trinajstić information content (AvgIpc) is 3.20. The third-order valence-electron chi connectivity index (χ3n) is 3.92. The highest BCUT2D eigenvalue weighted by Gasteiger charge is 2.08. The molecule has 6 nitrogen and oxygen atoms in total. The van der Waals surface area contributed by atoms with Gasteiger partial charge in [-0.3, -0.25) is 4.79 Å². The molecule has 0 unspecified atom stereocenters. The van der Waals surface area contributed by atoms with Crippen molar-refractivity contribution in [2.75, 3.05) is 19.0 Å². The van der Waals surface area contributed by atoms with Crippen molar-refractivity contribution < 1.29 is 13.9 Å². The summed E-state index contributed by atoms with van der Waals surface area (Å²) in [7, 11) is 1.64. The fraction of sp³-hybridized carbons (Fsp3) is 0.200. The molecular formula is C20H21N3O3. The third-order valence-corrected chi connectivity index (χ3v) is 3.92. The standard InChI is InChI=1S/C20H21N3O3/c1-25-18-7-3-2-5-15(18)8-11-22-20(24)16-9-10-21-19(13-16)23-14-17-6-4-12-26-17/h2-7,9-10,12-13H,8,11,14H2,1H3,(H,21,23)(H,22,24). The van der Waals surface area contributed by atoms with Gasteiger partial charge in [0, 0.05) is 18.3 Å². The minimum atomic E-state index is -0.136. The Morgan fingerprint density at radius 2 is 2.08 bits per heavy atom. The number of furan rings is 1. The minimum Gasteiger partial charge on any atom is -0.496 e. The topological polar surface area (TPSA) is 76.4 Å². The van der Waals surface area contributed by atoms with E-state index in [1.54, 1.807) is 31.7 Å². The number of carbonyl (C=O) groups excluding carboxylic acids is 1. The van der Waals surface area contributed by atoms with Crippen molar-refractivity contribution in [3.05, 3.63) is 77.9 Å². The van der Waals surface area contributed by atoms with Crippen molar-refractivity contribution in [2.45, 2.75) is 13.0 Å². The molecule has 2 N–H and O–H groups in total. The molecule has 0 saturated heterocycles. The quantitative estimate of drug-likeness (QED) is 0.651. The Morgan fingerprint density at radius 1 is 1.19 bits per heavy atom. The van der Waals surface area contributed by atoms with Gasteiger partial charge in [0.1, 0.15) is 17.3 Å². The van der Waals surface area contributed by atoms with Crippen LogP contribution in [-0.4, -0.2) is 24.5 Å². The number of hydrogen-bond donors (Lipinski definition) is 2. The smallest absolute Gasteiger partial charge is 0.251 e. The lowest BCUT2D eigenvalue weighted by Crippen LogP contribution is -2.26. The number of nitrogens with one attached hydrogen (secondary N) is 2. The lowest BCUT2D eigenvalue weighted by atomic mass is 10.1. The summed E-state index contributed by atoms with van der Waals surface area (Å²) in [5, 5.41) is 6.07. The molecule has 1 amide bonds. The summed E-state index contributed by atoms with van der Waals surface area (Å²) in [6.07, 6.45) is 3.93. The molecule has 2 heterocycles. The number of hydrogen-bond acceptors (Lipinski definition) is 5. The maximum atomic E-state index is 12.4. The van der Waals surface area contributed by atoms with Gasteiger partial charge < -0.3 is 19.8 Å². The molecule has 2 aromatic heterocycles. The second-order valence-corrected chi connectivity index (χ2v) is 5.68. The maximum absolute atomic E-state index is 12.4. The van der Waals surface area contributed by atoms with Crippen LogP contribution < -0.4 is 15.4 Å². The predicted octanol–water partition coefficient (Wildman–Crippen LogP) is 3.27. The molecule has 0 atom stereocenters. The van der Waals surface area contributed by atoms with E-state index >= 15 is 0 Å². The molecule has 0 aliphatic carbocycles. The van der Waals surface area contributed by atoms with Crippen molar-refractivity contribution in [2.24, 2.45) is 0 Å². The highest BCUT2D eigenvalue weighted by atomic mass is 16.5. The van der Waals surface area contributed by atoms with E-state index < -0.39 is 0 Å². The molecule has 1 aromatic carbocycles. The molecule has 0 aliphatic heterocycles. The number of rotatable bonds is 8. The third kappa shape index (κ3) is 4.63. The summed E-state index contributed by atoms with van der Waals surface area (Å²) >= 11 is 0. The molecule has 134 valence electrons. The Labute approximate surface area is 152 Å². The molecule has 0 spiro atoms. The molecule has 26 heavy (non-hydrogen) atoms. The van der Waals surface area contributed by atoms with Crippen LogP contribution in [0.3, 0.4) is 0 Å². The van der Waals surface area contributed by atoms with Gasteiger partial charge in [0.15, 0.2) is 0 Å². The molecule has 3 rings (SSSR count). The largest absolute Gasteiger partial charge is 0.496 e. The molecule has 0 radical (unpaired) electrons. The number of nitrogens with zero attached hydrogens (tertiary/aromatic N) is 1. The summed E-state index contributed by atoms with van der Waals surface area (Å²) < 4.78 is 10.6. The second-order valence-electron chi connectivity index (χ2n) is 5.68. The summed E-state index contributed by atoms with van der Waals surface area (Å²) in [6, 6.07) is 14.9. The first-order valence-electron chi connectivity index (χ1n) is 8.38. The maximum Gasteiger partial charge on any atom is 0.251 e. The normalized spacial score (nSPS) is 10.3. The van der Waals surface area contributed by atoms with E-state index in [1.807, 2.05) is 36.4 Å². The Morgan fingerprint density at radius 3 is 2.88 bits per heavy atom. The van der Waals surface area contributed by atoms with Crippen LogP contribution in [0.1, 0.15) is 21.7 Å². The zero-order valence-corrected chi connectivity index (χ0v) is 14.6. The van der Waals surface area contributed by atoms with Crippen LogP contribution in [0.5, 0.6) is 5.75 Å². The van der Waals surface area contributed by atoms with Crippen molar-refractivity contribution in [3.63, 3.8) is 0 Å². The van der Waals surface area contributed by atoms with Crippen LogP contribution in [0.4, 0.5) is 5.82 Å². The number of ether oxygens (including phenoxy) is 1. The number of carbonyl (C=O) groups is 1. The van der Waals surface area contributed by atoms with Crippen LogP contribution in [0.25, 0.3) is 0 Å². The van der Waals surface area contributed by atoms with Crippen molar-refractivity contribution in [1.82, 2.24) is 10.3 Å². The van der Waals surface area contributed by atoms with Crippen LogP contribution >= 0.6 is 0 Å². The number of pyridine rings is 1. The first-order chi connectivity index (χ1) is 12.8. The van der Waals surface area contributed by atoms with E-state index in [0.29, 0.717) is 30.9 Å². The van der Waals surface area contributed by atoms with Crippen LogP contribution in [-0.2, 0) is 13.0 Å². The van der Waals surface area contributed by atoms with E-state index in [1.165, 1.54) is 0 Å². The number of benzene rings is 1. The zero-order chi connectivity index (χ0) is 18.2. The van der Waals surface area contributed by atoms with E-state index in [4.69, 9.17) is 9.15 Å². The molecule has 0 bridgehead atoms. The summed E-state index contributed by atoms with van der Waals surface area (Å²) in [6.45, 7) is 1.04. The number of anilines is 1. The molecular weight excluding hydrogens is 330 g/mol. The predicted molar refractivity (Wildman–Crippen MR) is 99.3 cm³/mol. The van der Waals surface area contributed by atoms with Crippen LogP contribution in [0.15, 0.2) is 65.4 Å². The fourth-order valence-corrected chi connectivity index (χ4v) is 2.58. The van der Waals surface area contributed by atoms with Crippen molar-refractivity contribution in [3.8, 4) is 5.75 Å². The SMILES string of the molecule is COc1ccccc1CCNC(=O)c1ccnc(NCc2ccco2)c1. The first-order valence-corrected chi connectivity index (χ1v) is 8.38. The van der Waals surface area contributed by atoms with E-state index in [-0.39, 0.29) is 5.91 Å². The van der Waals surface area contributed by atoms with Crippen molar-refractivity contribution >= 4 is 11.7 Å². The molecule has 3 aromatic rings. The fourth-order valence-electron chi connectivity index (χ4n) is 2.58. The van der Waals surface area contributed by atoms with Gasteiger partial charge >= 0.3 is 0 Å². The number of methoxy groups -OCH3 is 1. The minimum absolute atomic E-state index is 0.136. The monoisotopic (exact) mass is 351 g/mol. The van der Waals surface area contributed by atoms with E-state index in [0.717, 1.165) is 17.1 Å². The van der Waals surface area contributed by atoms with Gasteiger partial charge in [0.2, 0.25) is 0 Å². The Balaban J connectivity index is 1.53. The number of aromatic nitrogens is 1. The van der Waals surface area contributed by atoms with Gasteiger partial charge in [-0.25, -0.2) is 4.98 Å². The van der Waals surface area contributed by atoms with Gasteiger partial charge in [-0.15, -0.1) is 0 Å². The second kappa shape index (κ2) is 8.71. The van der Waals surface area contributed by atoms with Gasteiger partial charge in [0.25, 0.3) is 5.91 Å². The summed E-state index contributed by atoms with van der Waals surface area (Å²) in [5.74, 6) is 2.12. The molecule has 0 saturated carbocycles. The van der Waals surface area contributed by atoms with Gasteiger partial charge in [-0.05, 0) is 42.3 Å². The lowest BCUT2D eigenvalue weighted by Gasteiger charge is -2.10. The highest BCUT2D eigenvalue weighted by molar-refractivity contribution is 5.94. The number of amides is 1. The van der Waals surface area contributed by atoms with E-state index in [9.17, 15) is 4.79 Å². The summed E-state index contributed by atoms with van der Waals surface area (Å²) in [4.78, 5) is 16.6. The lowest BCUT2D eigenvalue weighted by molar-refractivity contribution is 0.0954. The zero-order valence-electron chi connectivity index (χ0n) is 14.6.